The van der Waals surface area contributed by atoms with Crippen molar-refractivity contribution in [3.05, 3.63) is 60.2 Å². The molecule has 6 nitrogen and oxygen atoms in total. The Kier molecular flexibility index (Phi) is 5.94. The van der Waals surface area contributed by atoms with Crippen molar-refractivity contribution < 1.29 is 9.59 Å². The standard InChI is InChI=1S/C20H24N4O2/c1-2-23(13-16-8-11-21-12-9-16)20(26)17-6-7-19(25)24(14-17)15-18-5-3-4-10-22-18/h3-5,8-12,17H,2,6-7,13-15H2,1H3. The second-order valence-corrected chi connectivity index (χ2v) is 6.54. The summed E-state index contributed by atoms with van der Waals surface area (Å²) < 4.78 is 0. The molecule has 0 aliphatic carbocycles. The fourth-order valence-electron chi connectivity index (χ4n) is 3.27. The molecule has 1 unspecified atom stereocenters. The Labute approximate surface area is 153 Å². The molecular formula is C20H24N4O2. The molecule has 3 heterocycles. The molecule has 0 radical (unpaired) electrons. The summed E-state index contributed by atoms with van der Waals surface area (Å²) in [5.74, 6) is 0.0536. The van der Waals surface area contributed by atoms with Crippen LogP contribution in [0.4, 0.5) is 0 Å². The third-order valence-corrected chi connectivity index (χ3v) is 4.74. The number of nitrogens with zero attached hydrogens (tertiary/aromatic N) is 4. The second-order valence-electron chi connectivity index (χ2n) is 6.54. The Bertz CT molecular complexity index is 736. The molecule has 1 saturated heterocycles. The van der Waals surface area contributed by atoms with E-state index in [0.717, 1.165) is 11.3 Å². The summed E-state index contributed by atoms with van der Waals surface area (Å²) >= 11 is 0. The number of aromatic nitrogens is 2. The van der Waals surface area contributed by atoms with Crippen LogP contribution in [0.1, 0.15) is 31.0 Å². The lowest BCUT2D eigenvalue weighted by Crippen LogP contribution is -2.46. The van der Waals surface area contributed by atoms with Gasteiger partial charge in [0.25, 0.3) is 0 Å². The van der Waals surface area contributed by atoms with Gasteiger partial charge in [-0.3, -0.25) is 19.6 Å². The van der Waals surface area contributed by atoms with Crippen molar-refractivity contribution in [1.29, 1.82) is 0 Å². The van der Waals surface area contributed by atoms with E-state index in [2.05, 4.69) is 9.97 Å². The maximum absolute atomic E-state index is 13.0. The van der Waals surface area contributed by atoms with E-state index in [4.69, 9.17) is 0 Å². The van der Waals surface area contributed by atoms with E-state index in [1.807, 2.05) is 42.2 Å². The zero-order valence-electron chi connectivity index (χ0n) is 15.0. The monoisotopic (exact) mass is 352 g/mol. The van der Waals surface area contributed by atoms with Crippen LogP contribution in [-0.4, -0.2) is 44.7 Å². The lowest BCUT2D eigenvalue weighted by atomic mass is 9.95. The fourth-order valence-corrected chi connectivity index (χ4v) is 3.27. The second kappa shape index (κ2) is 8.56. The number of hydrogen-bond donors (Lipinski definition) is 0. The van der Waals surface area contributed by atoms with Crippen molar-refractivity contribution in [1.82, 2.24) is 19.8 Å². The molecule has 1 aliphatic heterocycles. The van der Waals surface area contributed by atoms with Gasteiger partial charge in [0, 0.05) is 44.6 Å². The molecule has 3 rings (SSSR count). The first-order chi connectivity index (χ1) is 12.7. The number of likely N-dealkylation sites (tertiary alicyclic amines) is 1. The Morgan fingerprint density at radius 1 is 1.23 bits per heavy atom. The molecule has 136 valence electrons. The largest absolute Gasteiger partial charge is 0.338 e. The number of hydrogen-bond acceptors (Lipinski definition) is 4. The predicted octanol–water partition coefficient (Wildman–Crippen LogP) is 2.26. The van der Waals surface area contributed by atoms with E-state index >= 15 is 0 Å². The van der Waals surface area contributed by atoms with Crippen molar-refractivity contribution in [3.63, 3.8) is 0 Å². The highest BCUT2D eigenvalue weighted by Gasteiger charge is 2.32. The topological polar surface area (TPSA) is 66.4 Å². The maximum Gasteiger partial charge on any atom is 0.227 e. The molecule has 0 aromatic carbocycles. The Morgan fingerprint density at radius 3 is 2.73 bits per heavy atom. The van der Waals surface area contributed by atoms with Gasteiger partial charge < -0.3 is 9.80 Å². The smallest absolute Gasteiger partial charge is 0.227 e. The van der Waals surface area contributed by atoms with Gasteiger partial charge in [-0.2, -0.15) is 0 Å². The fraction of sp³-hybridized carbons (Fsp3) is 0.400. The highest BCUT2D eigenvalue weighted by atomic mass is 16.2. The van der Waals surface area contributed by atoms with Crippen molar-refractivity contribution >= 4 is 11.8 Å². The van der Waals surface area contributed by atoms with Gasteiger partial charge in [0.2, 0.25) is 11.8 Å². The molecule has 1 atom stereocenters. The normalized spacial score (nSPS) is 17.2. The lowest BCUT2D eigenvalue weighted by Gasteiger charge is -2.34. The average molecular weight is 352 g/mol. The van der Waals surface area contributed by atoms with E-state index < -0.39 is 0 Å². The molecule has 1 aliphatic rings. The Balaban J connectivity index is 1.65. The molecule has 0 bridgehead atoms. The van der Waals surface area contributed by atoms with Crippen LogP contribution in [0.15, 0.2) is 48.9 Å². The molecule has 2 amide bonds. The van der Waals surface area contributed by atoms with Crippen LogP contribution < -0.4 is 0 Å². The minimum atomic E-state index is -0.154. The maximum atomic E-state index is 13.0. The van der Waals surface area contributed by atoms with Crippen LogP contribution in [0, 0.1) is 5.92 Å². The summed E-state index contributed by atoms with van der Waals surface area (Å²) in [6.45, 7) is 4.12. The summed E-state index contributed by atoms with van der Waals surface area (Å²) in [5, 5.41) is 0. The third-order valence-electron chi connectivity index (χ3n) is 4.74. The molecule has 2 aromatic rings. The summed E-state index contributed by atoms with van der Waals surface area (Å²) in [4.78, 5) is 37.2. The van der Waals surface area contributed by atoms with Gasteiger partial charge in [-0.1, -0.05) is 6.07 Å². The summed E-state index contributed by atoms with van der Waals surface area (Å²) in [6, 6.07) is 9.51. The minimum Gasteiger partial charge on any atom is -0.338 e. The van der Waals surface area contributed by atoms with Gasteiger partial charge in [0.1, 0.15) is 0 Å². The van der Waals surface area contributed by atoms with E-state index in [0.29, 0.717) is 39.0 Å². The van der Waals surface area contributed by atoms with Gasteiger partial charge in [0.05, 0.1) is 18.2 Å². The van der Waals surface area contributed by atoms with Gasteiger partial charge in [-0.05, 0) is 43.2 Å². The third kappa shape index (κ3) is 4.45. The zero-order chi connectivity index (χ0) is 18.4. The molecule has 0 spiro atoms. The number of rotatable bonds is 6. The van der Waals surface area contributed by atoms with Crippen LogP contribution in [0.3, 0.4) is 0 Å². The van der Waals surface area contributed by atoms with Crippen LogP contribution in [0.25, 0.3) is 0 Å². The summed E-state index contributed by atoms with van der Waals surface area (Å²) in [7, 11) is 0. The minimum absolute atomic E-state index is 0.0943. The van der Waals surface area contributed by atoms with Gasteiger partial charge in [-0.25, -0.2) is 0 Å². The lowest BCUT2D eigenvalue weighted by molar-refractivity contribution is -0.143. The van der Waals surface area contributed by atoms with Crippen LogP contribution in [-0.2, 0) is 22.7 Å². The van der Waals surface area contributed by atoms with Gasteiger partial charge in [0.15, 0.2) is 0 Å². The van der Waals surface area contributed by atoms with E-state index in [-0.39, 0.29) is 17.7 Å². The number of amides is 2. The number of carbonyl (C=O) groups excluding carboxylic acids is 2. The average Bonchev–Trinajstić information content (AvgIpc) is 2.69. The molecule has 1 fully saturated rings. The van der Waals surface area contributed by atoms with Crippen LogP contribution >= 0.6 is 0 Å². The first-order valence-corrected chi connectivity index (χ1v) is 9.02. The zero-order valence-corrected chi connectivity index (χ0v) is 15.0. The molecular weight excluding hydrogens is 328 g/mol. The first kappa shape index (κ1) is 18.0. The van der Waals surface area contributed by atoms with Gasteiger partial charge in [-0.15, -0.1) is 0 Å². The van der Waals surface area contributed by atoms with Gasteiger partial charge >= 0.3 is 0 Å². The molecule has 6 heteroatoms. The predicted molar refractivity (Wildman–Crippen MR) is 97.7 cm³/mol. The Hall–Kier alpha value is -2.76. The van der Waals surface area contributed by atoms with Crippen molar-refractivity contribution in [2.75, 3.05) is 13.1 Å². The molecule has 2 aromatic heterocycles. The van der Waals surface area contributed by atoms with Crippen molar-refractivity contribution in [2.24, 2.45) is 5.92 Å². The molecule has 0 saturated carbocycles. The highest BCUT2D eigenvalue weighted by Crippen LogP contribution is 2.22. The summed E-state index contributed by atoms with van der Waals surface area (Å²) in [6.07, 6.45) is 6.22. The molecule has 0 N–H and O–H groups in total. The first-order valence-electron chi connectivity index (χ1n) is 9.02. The van der Waals surface area contributed by atoms with Crippen LogP contribution in [0.5, 0.6) is 0 Å². The van der Waals surface area contributed by atoms with Crippen molar-refractivity contribution in [2.45, 2.75) is 32.9 Å². The number of carbonyl (C=O) groups is 2. The van der Waals surface area contributed by atoms with Crippen LogP contribution in [0.2, 0.25) is 0 Å². The highest BCUT2D eigenvalue weighted by molar-refractivity contribution is 5.83. The van der Waals surface area contributed by atoms with E-state index in [9.17, 15) is 9.59 Å². The number of piperidine rings is 1. The summed E-state index contributed by atoms with van der Waals surface area (Å²) in [5.41, 5.74) is 1.91. The van der Waals surface area contributed by atoms with E-state index in [1.54, 1.807) is 23.5 Å². The number of pyridine rings is 2. The quantitative estimate of drug-likeness (QED) is 0.800. The van der Waals surface area contributed by atoms with Crippen molar-refractivity contribution in [3.8, 4) is 0 Å². The SMILES string of the molecule is CCN(Cc1ccncc1)C(=O)C1CCC(=O)N(Cc2ccccn2)C1. The molecule has 26 heavy (non-hydrogen) atoms. The van der Waals surface area contributed by atoms with E-state index in [1.165, 1.54) is 0 Å². The Morgan fingerprint density at radius 2 is 2.04 bits per heavy atom.